The van der Waals surface area contributed by atoms with Crippen LogP contribution < -0.4 is 9.08 Å². The van der Waals surface area contributed by atoms with Crippen LogP contribution in [0.3, 0.4) is 0 Å². The Hall–Kier alpha value is -2.93. The molecular weight excluding hydrogens is 437 g/mol. The second-order valence-electron chi connectivity index (χ2n) is 7.18. The number of hydrogen-bond acceptors (Lipinski definition) is 8. The first-order valence-corrected chi connectivity index (χ1v) is 11.2. The van der Waals surface area contributed by atoms with E-state index >= 15 is 0 Å². The zero-order valence-corrected chi connectivity index (χ0v) is 17.3. The van der Waals surface area contributed by atoms with Crippen molar-refractivity contribution in [3.8, 4) is 5.75 Å². The molecule has 1 aliphatic heterocycles. The minimum Gasteiger partial charge on any atom is -0.383 e. The van der Waals surface area contributed by atoms with E-state index in [0.717, 1.165) is 16.3 Å². The summed E-state index contributed by atoms with van der Waals surface area (Å²) in [5, 5.41) is 10.8. The van der Waals surface area contributed by atoms with Gasteiger partial charge < -0.3 is 9.08 Å². The minimum absolute atomic E-state index is 0.0332. The summed E-state index contributed by atoms with van der Waals surface area (Å²) in [5.74, 6) is -0.481. The predicted molar refractivity (Wildman–Crippen MR) is 105 cm³/mol. The molecule has 0 N–H and O–H groups in total. The molecule has 0 amide bonds. The number of rotatable bonds is 5. The highest BCUT2D eigenvalue weighted by Gasteiger charge is 2.37. The number of benzene rings is 1. The fourth-order valence-electron chi connectivity index (χ4n) is 3.39. The van der Waals surface area contributed by atoms with E-state index in [-0.39, 0.29) is 11.4 Å². The van der Waals surface area contributed by atoms with Gasteiger partial charge in [-0.2, -0.15) is 26.1 Å². The quantitative estimate of drug-likeness (QED) is 0.537. The van der Waals surface area contributed by atoms with Crippen LogP contribution in [-0.4, -0.2) is 65.6 Å². The van der Waals surface area contributed by atoms with E-state index in [9.17, 15) is 21.6 Å². The lowest BCUT2D eigenvalue weighted by Crippen LogP contribution is -2.46. The Bertz CT molecular complexity index is 1190. The largest absolute Gasteiger partial charge is 0.453 e. The SMILES string of the molecule is CS(=O)(=O)Oc1cccc(CN2CCN(c3ccc4nnc(C(F)(F)F)n4n3)CC2)c1. The highest BCUT2D eigenvalue weighted by atomic mass is 32.2. The first-order chi connectivity index (χ1) is 14.6. The van der Waals surface area contributed by atoms with Gasteiger partial charge >= 0.3 is 16.3 Å². The van der Waals surface area contributed by atoms with Gasteiger partial charge in [-0.15, -0.1) is 15.3 Å². The maximum atomic E-state index is 13.1. The summed E-state index contributed by atoms with van der Waals surface area (Å²) in [5.41, 5.74) is 0.930. The molecule has 9 nitrogen and oxygen atoms in total. The van der Waals surface area contributed by atoms with Crippen LogP contribution in [-0.2, 0) is 22.8 Å². The van der Waals surface area contributed by atoms with Crippen molar-refractivity contribution in [2.45, 2.75) is 12.7 Å². The van der Waals surface area contributed by atoms with Gasteiger partial charge in [-0.05, 0) is 29.8 Å². The zero-order chi connectivity index (χ0) is 22.2. The first kappa shape index (κ1) is 21.3. The van der Waals surface area contributed by atoms with E-state index in [2.05, 4.69) is 20.2 Å². The van der Waals surface area contributed by atoms with E-state index in [1.165, 1.54) is 6.07 Å². The molecule has 31 heavy (non-hydrogen) atoms. The van der Waals surface area contributed by atoms with Crippen LogP contribution >= 0.6 is 0 Å². The van der Waals surface area contributed by atoms with Gasteiger partial charge in [0.2, 0.25) is 0 Å². The van der Waals surface area contributed by atoms with Gasteiger partial charge in [-0.3, -0.25) is 4.90 Å². The molecule has 1 fully saturated rings. The Kier molecular flexibility index (Phi) is 5.47. The maximum Gasteiger partial charge on any atom is 0.453 e. The van der Waals surface area contributed by atoms with E-state index in [1.54, 1.807) is 24.3 Å². The third kappa shape index (κ3) is 5.05. The molecule has 4 rings (SSSR count). The fraction of sp³-hybridized carbons (Fsp3) is 0.389. The number of aromatic nitrogens is 4. The molecule has 0 bridgehead atoms. The minimum atomic E-state index is -4.64. The van der Waals surface area contributed by atoms with Crippen LogP contribution in [0.2, 0.25) is 0 Å². The van der Waals surface area contributed by atoms with Crippen LogP contribution in [0.4, 0.5) is 19.0 Å². The summed E-state index contributed by atoms with van der Waals surface area (Å²) in [6.07, 6.45) is -3.65. The number of piperazine rings is 1. The number of nitrogens with zero attached hydrogens (tertiary/aromatic N) is 6. The van der Waals surface area contributed by atoms with Crippen molar-refractivity contribution in [3.63, 3.8) is 0 Å². The van der Waals surface area contributed by atoms with Crippen LogP contribution in [0.1, 0.15) is 11.4 Å². The molecule has 1 aliphatic rings. The highest BCUT2D eigenvalue weighted by molar-refractivity contribution is 7.86. The first-order valence-electron chi connectivity index (χ1n) is 9.34. The topological polar surface area (TPSA) is 92.9 Å². The van der Waals surface area contributed by atoms with Gasteiger partial charge in [0.15, 0.2) is 5.65 Å². The van der Waals surface area contributed by atoms with Gasteiger partial charge in [0.05, 0.1) is 6.26 Å². The zero-order valence-electron chi connectivity index (χ0n) is 16.4. The average molecular weight is 456 g/mol. The summed E-state index contributed by atoms with van der Waals surface area (Å²) in [6.45, 7) is 3.05. The highest BCUT2D eigenvalue weighted by Crippen LogP contribution is 2.28. The Morgan fingerprint density at radius 1 is 1.06 bits per heavy atom. The molecule has 0 atom stereocenters. The summed E-state index contributed by atoms with van der Waals surface area (Å²) in [6, 6.07) is 9.94. The number of hydrogen-bond donors (Lipinski definition) is 0. The summed E-state index contributed by atoms with van der Waals surface area (Å²) in [4.78, 5) is 4.06. The monoisotopic (exact) mass is 456 g/mol. The average Bonchev–Trinajstić information content (AvgIpc) is 3.11. The van der Waals surface area contributed by atoms with Crippen LogP contribution in [0.25, 0.3) is 5.65 Å². The van der Waals surface area contributed by atoms with Crippen molar-refractivity contribution in [2.75, 3.05) is 37.3 Å². The molecule has 1 aromatic carbocycles. The second kappa shape index (κ2) is 7.96. The van der Waals surface area contributed by atoms with Crippen molar-refractivity contribution in [1.29, 1.82) is 0 Å². The van der Waals surface area contributed by atoms with Gasteiger partial charge in [0.25, 0.3) is 5.82 Å². The van der Waals surface area contributed by atoms with E-state index < -0.39 is 22.1 Å². The van der Waals surface area contributed by atoms with E-state index in [0.29, 0.717) is 38.5 Å². The molecule has 0 saturated carbocycles. The fourth-order valence-corrected chi connectivity index (χ4v) is 3.84. The maximum absolute atomic E-state index is 13.1. The number of fused-ring (bicyclic) bond motifs is 1. The van der Waals surface area contributed by atoms with Gasteiger partial charge in [0.1, 0.15) is 11.6 Å². The third-order valence-electron chi connectivity index (χ3n) is 4.75. The molecule has 166 valence electrons. The van der Waals surface area contributed by atoms with Crippen molar-refractivity contribution in [3.05, 3.63) is 47.8 Å². The van der Waals surface area contributed by atoms with Crippen molar-refractivity contribution in [2.24, 2.45) is 0 Å². The second-order valence-corrected chi connectivity index (χ2v) is 8.76. The van der Waals surface area contributed by atoms with Crippen LogP contribution in [0.15, 0.2) is 36.4 Å². The lowest BCUT2D eigenvalue weighted by atomic mass is 10.2. The normalized spacial score (nSPS) is 16.1. The molecule has 0 unspecified atom stereocenters. The van der Waals surface area contributed by atoms with Crippen molar-refractivity contribution < 1.29 is 25.8 Å². The lowest BCUT2D eigenvalue weighted by Gasteiger charge is -2.35. The van der Waals surface area contributed by atoms with Crippen molar-refractivity contribution in [1.82, 2.24) is 24.7 Å². The standard InChI is InChI=1S/C18H19F3N6O3S/c1-31(28,29)30-14-4-2-3-13(11-14)12-25-7-9-26(10-8-25)16-6-5-15-22-23-17(18(19,20)21)27(15)24-16/h2-6,11H,7-10,12H2,1H3. The summed E-state index contributed by atoms with van der Waals surface area (Å²) >= 11 is 0. The third-order valence-corrected chi connectivity index (χ3v) is 5.25. The number of anilines is 1. The predicted octanol–water partition coefficient (Wildman–Crippen LogP) is 1.80. The van der Waals surface area contributed by atoms with Crippen LogP contribution in [0, 0.1) is 0 Å². The Labute approximate surface area is 176 Å². The Morgan fingerprint density at radius 3 is 2.48 bits per heavy atom. The molecule has 3 heterocycles. The molecule has 3 aromatic rings. The van der Waals surface area contributed by atoms with Gasteiger partial charge in [-0.25, -0.2) is 0 Å². The van der Waals surface area contributed by atoms with Gasteiger partial charge in [0, 0.05) is 32.7 Å². The lowest BCUT2D eigenvalue weighted by molar-refractivity contribution is -0.146. The molecule has 13 heteroatoms. The molecule has 1 saturated heterocycles. The smallest absolute Gasteiger partial charge is 0.383 e. The Morgan fingerprint density at radius 2 is 1.81 bits per heavy atom. The summed E-state index contributed by atoms with van der Waals surface area (Å²) < 4.78 is 67.5. The number of alkyl halides is 3. The molecule has 0 spiro atoms. The Balaban J connectivity index is 1.42. The molecule has 0 radical (unpaired) electrons. The van der Waals surface area contributed by atoms with Crippen molar-refractivity contribution >= 4 is 21.6 Å². The van der Waals surface area contributed by atoms with E-state index in [1.807, 2.05) is 11.0 Å². The molecule has 0 aliphatic carbocycles. The van der Waals surface area contributed by atoms with Gasteiger partial charge in [-0.1, -0.05) is 12.1 Å². The molecule has 2 aromatic heterocycles. The van der Waals surface area contributed by atoms with Crippen LogP contribution in [0.5, 0.6) is 5.75 Å². The summed E-state index contributed by atoms with van der Waals surface area (Å²) in [7, 11) is -3.60. The number of halogens is 3. The van der Waals surface area contributed by atoms with E-state index in [4.69, 9.17) is 4.18 Å². The molecular formula is C18H19F3N6O3S.